The molecule has 0 radical (unpaired) electrons. The van der Waals surface area contributed by atoms with E-state index in [-0.39, 0.29) is 13.0 Å². The van der Waals surface area contributed by atoms with Crippen LogP contribution in [-0.2, 0) is 21.0 Å². The van der Waals surface area contributed by atoms with Gasteiger partial charge in [-0.2, -0.15) is 5.48 Å². The number of carboxylic acid groups (broad SMARTS) is 1. The Bertz CT molecular complexity index is 599. The molecule has 7 nitrogen and oxygen atoms in total. The molecule has 138 valence electrons. The molecule has 0 aliphatic carbocycles. The highest BCUT2D eigenvalue weighted by Crippen LogP contribution is 2.28. The zero-order valence-corrected chi connectivity index (χ0v) is 14.9. The molecule has 1 aliphatic rings. The summed E-state index contributed by atoms with van der Waals surface area (Å²) in [4.78, 5) is 31.2. The van der Waals surface area contributed by atoms with E-state index in [4.69, 9.17) is 9.57 Å². The third-order valence-corrected chi connectivity index (χ3v) is 3.92. The Morgan fingerprint density at radius 2 is 1.92 bits per heavy atom. The first-order valence-electron chi connectivity index (χ1n) is 8.41. The number of amides is 1. The van der Waals surface area contributed by atoms with Crippen LogP contribution >= 0.6 is 0 Å². The Morgan fingerprint density at radius 1 is 1.24 bits per heavy atom. The molecule has 1 unspecified atom stereocenters. The van der Waals surface area contributed by atoms with Crippen molar-refractivity contribution in [2.24, 2.45) is 0 Å². The molecule has 1 fully saturated rings. The summed E-state index contributed by atoms with van der Waals surface area (Å²) in [6.07, 6.45) is 0.976. The van der Waals surface area contributed by atoms with Gasteiger partial charge in [-0.15, -0.1) is 0 Å². The van der Waals surface area contributed by atoms with E-state index < -0.39 is 23.3 Å². The van der Waals surface area contributed by atoms with E-state index in [9.17, 15) is 14.7 Å². The molecule has 0 saturated carbocycles. The van der Waals surface area contributed by atoms with E-state index in [0.717, 1.165) is 5.56 Å². The van der Waals surface area contributed by atoms with Gasteiger partial charge in [-0.1, -0.05) is 30.3 Å². The lowest BCUT2D eigenvalue weighted by Gasteiger charge is -2.43. The van der Waals surface area contributed by atoms with Crippen LogP contribution in [0.15, 0.2) is 30.3 Å². The molecule has 7 heteroatoms. The zero-order valence-electron chi connectivity index (χ0n) is 14.9. The number of likely N-dealkylation sites (tertiary alicyclic amines) is 1. The second-order valence-electron chi connectivity index (χ2n) is 7.13. The van der Waals surface area contributed by atoms with Crippen LogP contribution in [0, 0.1) is 0 Å². The summed E-state index contributed by atoms with van der Waals surface area (Å²) in [6.45, 7) is 5.73. The van der Waals surface area contributed by atoms with Crippen molar-refractivity contribution in [1.29, 1.82) is 0 Å². The van der Waals surface area contributed by atoms with Gasteiger partial charge in [0, 0.05) is 6.54 Å². The van der Waals surface area contributed by atoms with Gasteiger partial charge < -0.3 is 9.84 Å². The van der Waals surface area contributed by atoms with Crippen molar-refractivity contribution in [3.05, 3.63) is 35.9 Å². The number of benzene rings is 1. The monoisotopic (exact) mass is 350 g/mol. The number of nitrogens with one attached hydrogen (secondary N) is 1. The van der Waals surface area contributed by atoms with Crippen molar-refractivity contribution >= 4 is 12.1 Å². The molecule has 1 aromatic rings. The molecule has 1 aliphatic heterocycles. The second kappa shape index (κ2) is 7.84. The molecule has 1 heterocycles. The number of hydroxylamine groups is 1. The Kier molecular flexibility index (Phi) is 6.02. The topological polar surface area (TPSA) is 88.1 Å². The number of hydrogen-bond donors (Lipinski definition) is 2. The van der Waals surface area contributed by atoms with Gasteiger partial charge in [-0.3, -0.25) is 9.74 Å². The number of carbonyl (C=O) groups excluding carboxylic acids is 1. The smallest absolute Gasteiger partial charge is 0.412 e. The van der Waals surface area contributed by atoms with Gasteiger partial charge in [0.2, 0.25) is 5.66 Å². The van der Waals surface area contributed by atoms with E-state index in [1.807, 2.05) is 30.3 Å². The molecule has 1 saturated heterocycles. The van der Waals surface area contributed by atoms with Crippen molar-refractivity contribution in [1.82, 2.24) is 10.4 Å². The van der Waals surface area contributed by atoms with Crippen molar-refractivity contribution in [2.45, 2.75) is 57.9 Å². The van der Waals surface area contributed by atoms with Gasteiger partial charge in [-0.25, -0.2) is 9.59 Å². The number of aliphatic carboxylic acids is 1. The molecular formula is C18H26N2O5. The van der Waals surface area contributed by atoms with Crippen LogP contribution in [0.2, 0.25) is 0 Å². The lowest BCUT2D eigenvalue weighted by molar-refractivity contribution is -0.175. The molecule has 0 bridgehead atoms. The van der Waals surface area contributed by atoms with E-state index in [2.05, 4.69) is 5.48 Å². The van der Waals surface area contributed by atoms with E-state index in [1.165, 1.54) is 4.90 Å². The summed E-state index contributed by atoms with van der Waals surface area (Å²) < 4.78 is 5.38. The molecule has 0 aromatic heterocycles. The summed E-state index contributed by atoms with van der Waals surface area (Å²) in [5.74, 6) is -1.16. The summed E-state index contributed by atoms with van der Waals surface area (Å²) in [5, 5.41) is 9.81. The fourth-order valence-corrected chi connectivity index (χ4v) is 2.73. The minimum atomic E-state index is -1.63. The summed E-state index contributed by atoms with van der Waals surface area (Å²) in [6, 6.07) is 9.39. The zero-order chi connectivity index (χ0) is 18.5. The standard InChI is InChI=1S/C18H26N2O5/c1-17(2,3)25-16(23)20-12-8-7-11-18(20,15(21)22)19-24-13-14-9-5-4-6-10-14/h4-6,9-10,19H,7-8,11-13H2,1-3H3,(H,21,22). The Hall–Kier alpha value is -2.12. The average molecular weight is 350 g/mol. The predicted octanol–water partition coefficient (Wildman–Crippen LogP) is 2.91. The lowest BCUT2D eigenvalue weighted by atomic mass is 9.96. The fourth-order valence-electron chi connectivity index (χ4n) is 2.73. The molecular weight excluding hydrogens is 324 g/mol. The number of nitrogens with zero attached hydrogens (tertiary/aromatic N) is 1. The number of carbonyl (C=O) groups is 2. The summed E-state index contributed by atoms with van der Waals surface area (Å²) in [5.41, 5.74) is 1.19. The number of piperidine rings is 1. The first-order valence-corrected chi connectivity index (χ1v) is 8.41. The van der Waals surface area contributed by atoms with Gasteiger partial charge >= 0.3 is 12.1 Å². The van der Waals surface area contributed by atoms with Crippen LogP contribution in [0.4, 0.5) is 4.79 Å². The normalized spacial score (nSPS) is 21.0. The third kappa shape index (κ3) is 4.93. The van der Waals surface area contributed by atoms with Gasteiger partial charge in [0.15, 0.2) is 0 Å². The average Bonchev–Trinajstić information content (AvgIpc) is 2.54. The SMILES string of the molecule is CC(C)(C)OC(=O)N1CCCCC1(NOCc1ccccc1)C(=O)O. The number of hydrogen-bond acceptors (Lipinski definition) is 5. The fraction of sp³-hybridized carbons (Fsp3) is 0.556. The minimum Gasteiger partial charge on any atom is -0.478 e. The molecule has 2 rings (SSSR count). The highest BCUT2D eigenvalue weighted by Gasteiger charge is 2.50. The van der Waals surface area contributed by atoms with Crippen LogP contribution in [0.5, 0.6) is 0 Å². The largest absolute Gasteiger partial charge is 0.478 e. The van der Waals surface area contributed by atoms with E-state index in [0.29, 0.717) is 19.4 Å². The van der Waals surface area contributed by atoms with Crippen LogP contribution in [-0.4, -0.2) is 39.9 Å². The van der Waals surface area contributed by atoms with Gasteiger partial charge in [0.1, 0.15) is 5.60 Å². The second-order valence-corrected chi connectivity index (χ2v) is 7.13. The third-order valence-electron chi connectivity index (χ3n) is 3.92. The molecule has 1 amide bonds. The number of carboxylic acids is 1. The van der Waals surface area contributed by atoms with Gasteiger partial charge in [0.25, 0.3) is 0 Å². The van der Waals surface area contributed by atoms with E-state index in [1.54, 1.807) is 20.8 Å². The van der Waals surface area contributed by atoms with Crippen LogP contribution in [0.1, 0.15) is 45.6 Å². The molecule has 1 atom stereocenters. The highest BCUT2D eigenvalue weighted by atomic mass is 16.7. The molecule has 0 spiro atoms. The van der Waals surface area contributed by atoms with Crippen molar-refractivity contribution in [3.63, 3.8) is 0 Å². The van der Waals surface area contributed by atoms with Crippen molar-refractivity contribution < 1.29 is 24.3 Å². The van der Waals surface area contributed by atoms with Crippen LogP contribution in [0.25, 0.3) is 0 Å². The maximum Gasteiger partial charge on any atom is 0.412 e. The van der Waals surface area contributed by atoms with Gasteiger partial charge in [-0.05, 0) is 45.6 Å². The number of rotatable bonds is 5. The van der Waals surface area contributed by atoms with Crippen LogP contribution in [0.3, 0.4) is 0 Å². The Morgan fingerprint density at radius 3 is 2.52 bits per heavy atom. The molecule has 1 aromatic carbocycles. The lowest BCUT2D eigenvalue weighted by Crippen LogP contribution is -2.67. The highest BCUT2D eigenvalue weighted by molar-refractivity contribution is 5.84. The molecule has 25 heavy (non-hydrogen) atoms. The summed E-state index contributed by atoms with van der Waals surface area (Å²) >= 11 is 0. The molecule has 2 N–H and O–H groups in total. The maximum absolute atomic E-state index is 12.5. The number of ether oxygens (including phenoxy) is 1. The van der Waals surface area contributed by atoms with Gasteiger partial charge in [0.05, 0.1) is 6.61 Å². The first kappa shape index (κ1) is 19.2. The van der Waals surface area contributed by atoms with E-state index >= 15 is 0 Å². The predicted molar refractivity (Wildman–Crippen MR) is 91.5 cm³/mol. The van der Waals surface area contributed by atoms with Crippen molar-refractivity contribution in [2.75, 3.05) is 6.54 Å². The Labute approximate surface area is 147 Å². The van der Waals surface area contributed by atoms with Crippen LogP contribution < -0.4 is 5.48 Å². The maximum atomic E-state index is 12.5. The van der Waals surface area contributed by atoms with Crippen molar-refractivity contribution in [3.8, 4) is 0 Å². The minimum absolute atomic E-state index is 0.192. The Balaban J connectivity index is 2.12. The first-order chi connectivity index (χ1) is 11.7. The summed E-state index contributed by atoms with van der Waals surface area (Å²) in [7, 11) is 0. The quantitative estimate of drug-likeness (QED) is 0.794.